The third-order valence-corrected chi connectivity index (χ3v) is 6.89. The van der Waals surface area contributed by atoms with Gasteiger partial charge in [0.05, 0.1) is 15.1 Å². The van der Waals surface area contributed by atoms with Crippen molar-refractivity contribution < 1.29 is 13.2 Å². The molecule has 0 aliphatic heterocycles. The number of nitrogens with zero attached hydrogens (tertiary/aromatic N) is 2. The average molecular weight is 390 g/mol. The predicted molar refractivity (Wildman–Crippen MR) is 104 cm³/mol. The monoisotopic (exact) mass is 389 g/mol. The van der Waals surface area contributed by atoms with Crippen LogP contribution in [0.4, 0.5) is 5.13 Å². The Bertz CT molecular complexity index is 1080. The number of nitrogens with one attached hydrogen (secondary N) is 1. The fraction of sp³-hybridized carbons (Fsp3) is 0.222. The number of carbonyl (C=O) groups excluding carboxylic acids is 1. The van der Waals surface area contributed by atoms with Gasteiger partial charge in [-0.1, -0.05) is 17.4 Å². The fourth-order valence-corrected chi connectivity index (χ4v) is 4.40. The van der Waals surface area contributed by atoms with Crippen LogP contribution in [-0.4, -0.2) is 37.7 Å². The van der Waals surface area contributed by atoms with Gasteiger partial charge in [0.1, 0.15) is 0 Å². The molecule has 1 aromatic heterocycles. The second-order valence-corrected chi connectivity index (χ2v) is 9.37. The second-order valence-electron chi connectivity index (χ2n) is 6.22. The van der Waals surface area contributed by atoms with E-state index in [2.05, 4.69) is 16.4 Å². The topological polar surface area (TPSA) is 79.4 Å². The van der Waals surface area contributed by atoms with E-state index in [1.54, 1.807) is 0 Å². The minimum atomic E-state index is -3.51. The van der Waals surface area contributed by atoms with Crippen LogP contribution in [0.2, 0.25) is 0 Å². The van der Waals surface area contributed by atoms with Gasteiger partial charge in [-0.2, -0.15) is 0 Å². The van der Waals surface area contributed by atoms with Crippen molar-refractivity contribution in [3.8, 4) is 0 Å². The van der Waals surface area contributed by atoms with Crippen LogP contribution in [0, 0.1) is 13.8 Å². The summed E-state index contributed by atoms with van der Waals surface area (Å²) < 4.78 is 26.3. The fourth-order valence-electron chi connectivity index (χ4n) is 2.59. The van der Waals surface area contributed by atoms with Crippen molar-refractivity contribution in [2.24, 2.45) is 0 Å². The van der Waals surface area contributed by atoms with E-state index in [0.29, 0.717) is 10.7 Å². The minimum absolute atomic E-state index is 0.144. The molecule has 6 nitrogen and oxygen atoms in total. The molecule has 1 amide bonds. The maximum Gasteiger partial charge on any atom is 0.257 e. The van der Waals surface area contributed by atoms with Crippen LogP contribution in [0.5, 0.6) is 0 Å². The van der Waals surface area contributed by atoms with E-state index in [0.717, 1.165) is 25.6 Å². The van der Waals surface area contributed by atoms with Gasteiger partial charge >= 0.3 is 0 Å². The molecule has 0 fully saturated rings. The van der Waals surface area contributed by atoms with E-state index >= 15 is 0 Å². The first-order valence-electron chi connectivity index (χ1n) is 7.90. The number of hydrogen-bond acceptors (Lipinski definition) is 5. The normalized spacial score (nSPS) is 11.9. The summed E-state index contributed by atoms with van der Waals surface area (Å²) in [4.78, 5) is 17.0. The first kappa shape index (κ1) is 18.5. The van der Waals surface area contributed by atoms with Gasteiger partial charge < -0.3 is 0 Å². The molecule has 0 bridgehead atoms. The van der Waals surface area contributed by atoms with E-state index in [4.69, 9.17) is 0 Å². The maximum atomic E-state index is 12.4. The summed E-state index contributed by atoms with van der Waals surface area (Å²) in [5, 5.41) is 3.30. The first-order chi connectivity index (χ1) is 12.2. The van der Waals surface area contributed by atoms with Crippen LogP contribution < -0.4 is 5.32 Å². The minimum Gasteiger partial charge on any atom is -0.298 e. The Hall–Kier alpha value is -2.29. The molecule has 2 aromatic carbocycles. The summed E-state index contributed by atoms with van der Waals surface area (Å²) in [7, 11) is -0.583. The number of thiazole rings is 1. The predicted octanol–water partition coefficient (Wildman–Crippen LogP) is 3.42. The highest BCUT2D eigenvalue weighted by molar-refractivity contribution is 7.89. The zero-order valence-corrected chi connectivity index (χ0v) is 16.5. The summed E-state index contributed by atoms with van der Waals surface area (Å²) >= 11 is 1.42. The zero-order valence-electron chi connectivity index (χ0n) is 14.9. The summed E-state index contributed by atoms with van der Waals surface area (Å²) in [6, 6.07) is 9.90. The molecule has 0 saturated carbocycles. The third-order valence-electron chi connectivity index (χ3n) is 3.94. The number of sulfonamides is 1. The Labute approximate surface area is 156 Å². The van der Waals surface area contributed by atoms with Gasteiger partial charge in [0.2, 0.25) is 10.0 Å². The molecular weight excluding hydrogens is 370 g/mol. The standard InChI is InChI=1S/C18H19N3O3S2/c1-11-9-12(2)16-15(10-11)19-18(25-16)20-17(22)13-5-7-14(8-6-13)26(23,24)21(3)4/h5-10H,1-4H3,(H,19,20,22). The van der Waals surface area contributed by atoms with Crippen LogP contribution in [-0.2, 0) is 10.0 Å². The summed E-state index contributed by atoms with van der Waals surface area (Å²) in [6.45, 7) is 4.02. The number of aryl methyl sites for hydroxylation is 2. The van der Waals surface area contributed by atoms with Gasteiger partial charge in [0, 0.05) is 19.7 Å². The molecular formula is C18H19N3O3S2. The van der Waals surface area contributed by atoms with E-state index in [9.17, 15) is 13.2 Å². The third kappa shape index (κ3) is 3.48. The SMILES string of the molecule is Cc1cc(C)c2sc(NC(=O)c3ccc(S(=O)(=O)N(C)C)cc3)nc2c1. The number of anilines is 1. The van der Waals surface area contributed by atoms with Gasteiger partial charge in [-0.3, -0.25) is 10.1 Å². The molecule has 0 unspecified atom stereocenters. The van der Waals surface area contributed by atoms with Gasteiger partial charge in [-0.25, -0.2) is 17.7 Å². The van der Waals surface area contributed by atoms with Crippen LogP contribution in [0.1, 0.15) is 21.5 Å². The maximum absolute atomic E-state index is 12.4. The molecule has 1 heterocycles. The van der Waals surface area contributed by atoms with Gasteiger partial charge in [-0.05, 0) is 55.3 Å². The molecule has 3 rings (SSSR count). The number of hydrogen-bond donors (Lipinski definition) is 1. The number of aromatic nitrogens is 1. The molecule has 0 aliphatic carbocycles. The Morgan fingerprint density at radius 2 is 1.77 bits per heavy atom. The molecule has 3 aromatic rings. The Morgan fingerprint density at radius 1 is 1.12 bits per heavy atom. The molecule has 0 aliphatic rings. The Kier molecular flexibility index (Phi) is 4.83. The van der Waals surface area contributed by atoms with Crippen LogP contribution in [0.25, 0.3) is 10.2 Å². The summed E-state index contributed by atoms with van der Waals surface area (Å²) in [5.41, 5.74) is 3.47. The van der Waals surface area contributed by atoms with E-state index in [1.165, 1.54) is 49.7 Å². The molecule has 26 heavy (non-hydrogen) atoms. The molecule has 0 radical (unpaired) electrons. The summed E-state index contributed by atoms with van der Waals surface area (Å²) in [6.07, 6.45) is 0. The lowest BCUT2D eigenvalue weighted by molar-refractivity contribution is 0.102. The molecule has 0 atom stereocenters. The van der Waals surface area contributed by atoms with Crippen molar-refractivity contribution in [3.63, 3.8) is 0 Å². The highest BCUT2D eigenvalue weighted by Crippen LogP contribution is 2.30. The molecule has 0 spiro atoms. The number of amides is 1. The van der Waals surface area contributed by atoms with Crippen molar-refractivity contribution in [2.75, 3.05) is 19.4 Å². The number of benzene rings is 2. The Balaban J connectivity index is 1.83. The quantitative estimate of drug-likeness (QED) is 0.741. The van der Waals surface area contributed by atoms with Crippen molar-refractivity contribution in [1.29, 1.82) is 0 Å². The zero-order chi connectivity index (χ0) is 19.1. The smallest absolute Gasteiger partial charge is 0.257 e. The first-order valence-corrected chi connectivity index (χ1v) is 10.2. The van der Waals surface area contributed by atoms with Crippen molar-refractivity contribution >= 4 is 42.6 Å². The Morgan fingerprint density at radius 3 is 2.38 bits per heavy atom. The highest BCUT2D eigenvalue weighted by atomic mass is 32.2. The lowest BCUT2D eigenvalue weighted by Gasteiger charge is -2.11. The molecule has 136 valence electrons. The molecule has 8 heteroatoms. The van der Waals surface area contributed by atoms with E-state index < -0.39 is 10.0 Å². The van der Waals surface area contributed by atoms with Crippen molar-refractivity contribution in [2.45, 2.75) is 18.7 Å². The van der Waals surface area contributed by atoms with Gasteiger partial charge in [0.15, 0.2) is 5.13 Å². The lowest BCUT2D eigenvalue weighted by Crippen LogP contribution is -2.22. The van der Waals surface area contributed by atoms with Crippen LogP contribution >= 0.6 is 11.3 Å². The molecule has 1 N–H and O–H groups in total. The second kappa shape index (κ2) is 6.79. The number of carbonyl (C=O) groups is 1. The van der Waals surface area contributed by atoms with Gasteiger partial charge in [-0.15, -0.1) is 0 Å². The lowest BCUT2D eigenvalue weighted by atomic mass is 10.1. The average Bonchev–Trinajstić information content (AvgIpc) is 2.97. The largest absolute Gasteiger partial charge is 0.298 e. The molecule has 0 saturated heterocycles. The van der Waals surface area contributed by atoms with Crippen molar-refractivity contribution in [3.05, 3.63) is 53.1 Å². The van der Waals surface area contributed by atoms with Crippen LogP contribution in [0.15, 0.2) is 41.3 Å². The van der Waals surface area contributed by atoms with E-state index in [1.807, 2.05) is 19.9 Å². The summed E-state index contributed by atoms with van der Waals surface area (Å²) in [5.74, 6) is -0.327. The van der Waals surface area contributed by atoms with Crippen LogP contribution in [0.3, 0.4) is 0 Å². The number of rotatable bonds is 4. The van der Waals surface area contributed by atoms with Crippen molar-refractivity contribution in [1.82, 2.24) is 9.29 Å². The van der Waals surface area contributed by atoms with Gasteiger partial charge in [0.25, 0.3) is 5.91 Å². The highest BCUT2D eigenvalue weighted by Gasteiger charge is 2.18. The number of fused-ring (bicyclic) bond motifs is 1. The van der Waals surface area contributed by atoms with E-state index in [-0.39, 0.29) is 10.8 Å².